The molecule has 0 spiro atoms. The summed E-state index contributed by atoms with van der Waals surface area (Å²) in [4.78, 5) is 12.1. The third kappa shape index (κ3) is 4.17. The highest BCUT2D eigenvalue weighted by Gasteiger charge is 2.28. The van der Waals surface area contributed by atoms with Crippen LogP contribution in [0.5, 0.6) is 0 Å². The number of aryl methyl sites for hydroxylation is 2. The van der Waals surface area contributed by atoms with Gasteiger partial charge in [0, 0.05) is 11.5 Å². The Morgan fingerprint density at radius 3 is 2.14 bits per heavy atom. The highest BCUT2D eigenvalue weighted by molar-refractivity contribution is 5.79. The largest absolute Gasteiger partial charge is 0.449 e. The molecule has 3 aromatic carbocycles. The molecule has 144 valence electrons. The molecule has 0 heterocycles. The highest BCUT2D eigenvalue weighted by atomic mass is 16.5. The normalized spacial score (nSPS) is 11.8. The molecule has 0 bridgehead atoms. The first-order valence-corrected chi connectivity index (χ1v) is 9.78. The number of nitrogens with one attached hydrogen (secondary N) is 1. The predicted molar refractivity (Wildman–Crippen MR) is 116 cm³/mol. The third-order valence-corrected chi connectivity index (χ3v) is 5.12. The van der Waals surface area contributed by atoms with Crippen molar-refractivity contribution in [2.24, 2.45) is 0 Å². The lowest BCUT2D eigenvalue weighted by molar-refractivity contribution is 0.144. The lowest BCUT2D eigenvalue weighted by atomic mass is 9.98. The molecule has 0 aliphatic heterocycles. The Morgan fingerprint density at radius 1 is 0.931 bits per heavy atom. The molecule has 3 heteroatoms. The molecule has 4 rings (SSSR count). The van der Waals surface area contributed by atoms with E-state index < -0.39 is 6.09 Å². The molecule has 0 saturated carbocycles. The van der Waals surface area contributed by atoms with E-state index in [9.17, 15) is 4.79 Å². The van der Waals surface area contributed by atoms with Crippen molar-refractivity contribution in [3.8, 4) is 23.0 Å². The summed E-state index contributed by atoms with van der Waals surface area (Å²) < 4.78 is 5.51. The number of hydrogen-bond acceptors (Lipinski definition) is 2. The minimum Gasteiger partial charge on any atom is -0.449 e. The SMILES string of the molecule is Cc1cc(C)cc(C#CCNC(=O)OCC2c3ccccc3-c3ccccc32)c1. The zero-order valence-corrected chi connectivity index (χ0v) is 16.7. The standard InChI is InChI=1S/C26H23NO2/c1-18-14-19(2)16-20(15-18)8-7-13-27-26(28)29-17-25-23-11-5-3-9-21(23)22-10-4-6-12-24(22)25/h3-6,9-12,14-16,25H,13,17H2,1-2H3,(H,27,28). The Kier molecular flexibility index (Phi) is 5.35. The summed E-state index contributed by atoms with van der Waals surface area (Å²) in [6, 6.07) is 22.8. The highest BCUT2D eigenvalue weighted by Crippen LogP contribution is 2.44. The Balaban J connectivity index is 1.35. The molecular weight excluding hydrogens is 358 g/mol. The second-order valence-electron chi connectivity index (χ2n) is 7.36. The minimum atomic E-state index is -0.443. The second kappa shape index (κ2) is 8.24. The Hall–Kier alpha value is -3.51. The number of hydrogen-bond donors (Lipinski definition) is 1. The molecule has 0 fully saturated rings. The molecule has 29 heavy (non-hydrogen) atoms. The van der Waals surface area contributed by atoms with Gasteiger partial charge >= 0.3 is 6.09 Å². The summed E-state index contributed by atoms with van der Waals surface area (Å²) in [7, 11) is 0. The van der Waals surface area contributed by atoms with Crippen LogP contribution in [0.4, 0.5) is 4.79 Å². The predicted octanol–water partition coefficient (Wildman–Crippen LogP) is 5.19. The van der Waals surface area contributed by atoms with Crippen LogP contribution in [0, 0.1) is 25.7 Å². The van der Waals surface area contributed by atoms with Crippen molar-refractivity contribution in [2.45, 2.75) is 19.8 Å². The maximum absolute atomic E-state index is 12.1. The van der Waals surface area contributed by atoms with E-state index in [2.05, 4.69) is 47.5 Å². The van der Waals surface area contributed by atoms with Crippen molar-refractivity contribution in [1.29, 1.82) is 0 Å². The number of fused-ring (bicyclic) bond motifs is 3. The van der Waals surface area contributed by atoms with Crippen LogP contribution in [-0.4, -0.2) is 19.2 Å². The van der Waals surface area contributed by atoms with Gasteiger partial charge in [0.25, 0.3) is 0 Å². The maximum atomic E-state index is 12.1. The molecular formula is C26H23NO2. The van der Waals surface area contributed by atoms with Crippen LogP contribution in [0.25, 0.3) is 11.1 Å². The van der Waals surface area contributed by atoms with Crippen LogP contribution in [0.15, 0.2) is 66.7 Å². The van der Waals surface area contributed by atoms with Gasteiger partial charge in [0.15, 0.2) is 0 Å². The molecule has 0 aromatic heterocycles. The van der Waals surface area contributed by atoms with E-state index in [4.69, 9.17) is 4.74 Å². The first kappa shape index (κ1) is 18.8. The van der Waals surface area contributed by atoms with Gasteiger partial charge in [0.2, 0.25) is 0 Å². The van der Waals surface area contributed by atoms with Crippen LogP contribution in [0.1, 0.15) is 33.7 Å². The van der Waals surface area contributed by atoms with Gasteiger partial charge in [0.1, 0.15) is 6.61 Å². The zero-order valence-electron chi connectivity index (χ0n) is 16.7. The average molecular weight is 381 g/mol. The van der Waals surface area contributed by atoms with Crippen LogP contribution in [0.2, 0.25) is 0 Å². The van der Waals surface area contributed by atoms with Gasteiger partial charge < -0.3 is 10.1 Å². The van der Waals surface area contributed by atoms with Gasteiger partial charge in [-0.2, -0.15) is 0 Å². The molecule has 0 saturated heterocycles. The maximum Gasteiger partial charge on any atom is 0.407 e. The number of benzene rings is 3. The van der Waals surface area contributed by atoms with Crippen molar-refractivity contribution in [2.75, 3.05) is 13.2 Å². The number of carbonyl (C=O) groups is 1. The van der Waals surface area contributed by atoms with E-state index in [0.29, 0.717) is 6.61 Å². The summed E-state index contributed by atoms with van der Waals surface area (Å²) in [6.07, 6.45) is -0.443. The fourth-order valence-corrected chi connectivity index (χ4v) is 3.96. The van der Waals surface area contributed by atoms with Crippen LogP contribution >= 0.6 is 0 Å². The van der Waals surface area contributed by atoms with Crippen LogP contribution in [-0.2, 0) is 4.74 Å². The molecule has 3 aromatic rings. The molecule has 0 atom stereocenters. The van der Waals surface area contributed by atoms with E-state index in [0.717, 1.165) is 5.56 Å². The molecule has 0 radical (unpaired) electrons. The van der Waals surface area contributed by atoms with E-state index in [1.807, 2.05) is 50.2 Å². The molecule has 0 unspecified atom stereocenters. The Labute approximate surface area is 171 Å². The quantitative estimate of drug-likeness (QED) is 0.634. The van der Waals surface area contributed by atoms with E-state index in [-0.39, 0.29) is 12.5 Å². The van der Waals surface area contributed by atoms with Gasteiger partial charge in [-0.25, -0.2) is 4.79 Å². The summed E-state index contributed by atoms with van der Waals surface area (Å²) in [5.74, 6) is 6.13. The smallest absolute Gasteiger partial charge is 0.407 e. The van der Waals surface area contributed by atoms with E-state index in [1.54, 1.807) is 0 Å². The summed E-state index contributed by atoms with van der Waals surface area (Å²) in [5, 5.41) is 2.72. The van der Waals surface area contributed by atoms with Crippen molar-refractivity contribution in [3.63, 3.8) is 0 Å². The third-order valence-electron chi connectivity index (χ3n) is 5.12. The minimum absolute atomic E-state index is 0.0644. The number of alkyl carbamates (subject to hydrolysis) is 1. The van der Waals surface area contributed by atoms with Gasteiger partial charge in [-0.05, 0) is 59.4 Å². The first-order valence-electron chi connectivity index (χ1n) is 9.78. The monoisotopic (exact) mass is 381 g/mol. The van der Waals surface area contributed by atoms with E-state index >= 15 is 0 Å². The summed E-state index contributed by atoms with van der Waals surface area (Å²) in [6.45, 7) is 4.66. The molecule has 1 amide bonds. The van der Waals surface area contributed by atoms with Gasteiger partial charge in [-0.15, -0.1) is 0 Å². The second-order valence-corrected chi connectivity index (χ2v) is 7.36. The topological polar surface area (TPSA) is 38.3 Å². The van der Waals surface area contributed by atoms with Crippen molar-refractivity contribution in [3.05, 3.63) is 94.5 Å². The molecule has 3 nitrogen and oxygen atoms in total. The van der Waals surface area contributed by atoms with Crippen LogP contribution in [0.3, 0.4) is 0 Å². The zero-order chi connectivity index (χ0) is 20.2. The van der Waals surface area contributed by atoms with E-state index in [1.165, 1.54) is 33.4 Å². The average Bonchev–Trinajstić information content (AvgIpc) is 3.03. The number of amides is 1. The van der Waals surface area contributed by atoms with Crippen LogP contribution < -0.4 is 5.32 Å². The first-order chi connectivity index (χ1) is 14.1. The van der Waals surface area contributed by atoms with Crippen molar-refractivity contribution in [1.82, 2.24) is 5.32 Å². The molecule has 1 aliphatic carbocycles. The summed E-state index contributed by atoms with van der Waals surface area (Å²) >= 11 is 0. The van der Waals surface area contributed by atoms with Crippen molar-refractivity contribution >= 4 is 6.09 Å². The lowest BCUT2D eigenvalue weighted by Crippen LogP contribution is -2.26. The fraction of sp³-hybridized carbons (Fsp3) is 0.192. The molecule has 1 N–H and O–H groups in total. The van der Waals surface area contributed by atoms with Crippen molar-refractivity contribution < 1.29 is 9.53 Å². The Morgan fingerprint density at radius 2 is 1.52 bits per heavy atom. The number of carbonyl (C=O) groups excluding carboxylic acids is 1. The van der Waals surface area contributed by atoms with Gasteiger partial charge in [-0.3, -0.25) is 0 Å². The fourth-order valence-electron chi connectivity index (χ4n) is 3.96. The van der Waals surface area contributed by atoms with Gasteiger partial charge in [-0.1, -0.05) is 66.4 Å². The number of rotatable bonds is 3. The summed E-state index contributed by atoms with van der Waals surface area (Å²) in [5.41, 5.74) is 8.16. The lowest BCUT2D eigenvalue weighted by Gasteiger charge is -2.14. The Bertz CT molecular complexity index is 1060. The molecule has 1 aliphatic rings. The number of ether oxygens (including phenoxy) is 1. The van der Waals surface area contributed by atoms with Gasteiger partial charge in [0.05, 0.1) is 6.54 Å².